The number of aromatic nitrogens is 2. The van der Waals surface area contributed by atoms with Crippen LogP contribution in [-0.4, -0.2) is 57.9 Å². The lowest BCUT2D eigenvalue weighted by Gasteiger charge is -2.34. The topological polar surface area (TPSA) is 92.7 Å². The highest BCUT2D eigenvalue weighted by Gasteiger charge is 2.27. The number of furan rings is 1. The molecule has 0 bridgehead atoms. The molecule has 8 heteroatoms. The second-order valence-electron chi connectivity index (χ2n) is 7.29. The van der Waals surface area contributed by atoms with E-state index in [1.165, 1.54) is 6.20 Å². The maximum absolute atomic E-state index is 12.9. The van der Waals surface area contributed by atoms with E-state index in [0.717, 1.165) is 11.1 Å². The molecule has 0 N–H and O–H groups in total. The number of fused-ring (bicyclic) bond motifs is 1. The summed E-state index contributed by atoms with van der Waals surface area (Å²) in [4.78, 5) is 33.1. The SMILES string of the molecule is Cc1ccc(C(=O)N2CCN(C(=O)c3cnc4onc(C(C)C)c4c3)CC2)o1. The van der Waals surface area contributed by atoms with Crippen LogP contribution in [0, 0.1) is 6.92 Å². The molecule has 3 aromatic heterocycles. The molecular formula is C20H22N4O4. The number of aryl methyl sites for hydroxylation is 1. The van der Waals surface area contributed by atoms with Gasteiger partial charge in [-0.15, -0.1) is 0 Å². The minimum absolute atomic E-state index is 0.105. The number of pyridine rings is 1. The average Bonchev–Trinajstić information content (AvgIpc) is 3.32. The van der Waals surface area contributed by atoms with Gasteiger partial charge in [-0.25, -0.2) is 4.98 Å². The van der Waals surface area contributed by atoms with E-state index in [-0.39, 0.29) is 17.7 Å². The molecule has 0 aliphatic carbocycles. The van der Waals surface area contributed by atoms with Crippen molar-refractivity contribution in [2.75, 3.05) is 26.2 Å². The van der Waals surface area contributed by atoms with Crippen molar-refractivity contribution in [2.24, 2.45) is 0 Å². The van der Waals surface area contributed by atoms with E-state index in [0.29, 0.717) is 49.0 Å². The summed E-state index contributed by atoms with van der Waals surface area (Å²) in [6.45, 7) is 7.69. The molecule has 0 saturated carbocycles. The minimum Gasteiger partial charge on any atom is -0.456 e. The van der Waals surface area contributed by atoms with Crippen LogP contribution in [0.5, 0.6) is 0 Å². The minimum atomic E-state index is -0.144. The molecule has 0 aromatic carbocycles. The van der Waals surface area contributed by atoms with Crippen molar-refractivity contribution in [3.8, 4) is 0 Å². The normalized spacial score (nSPS) is 14.9. The third-order valence-corrected chi connectivity index (χ3v) is 4.96. The third kappa shape index (κ3) is 3.26. The molecule has 1 aliphatic heterocycles. The number of hydrogen-bond donors (Lipinski definition) is 0. The summed E-state index contributed by atoms with van der Waals surface area (Å²) >= 11 is 0. The van der Waals surface area contributed by atoms with Gasteiger partial charge in [0.1, 0.15) is 5.76 Å². The van der Waals surface area contributed by atoms with Crippen LogP contribution in [0.4, 0.5) is 0 Å². The monoisotopic (exact) mass is 382 g/mol. The largest absolute Gasteiger partial charge is 0.456 e. The highest BCUT2D eigenvalue weighted by molar-refractivity contribution is 5.97. The van der Waals surface area contributed by atoms with Crippen molar-refractivity contribution in [3.05, 3.63) is 47.2 Å². The number of amides is 2. The first-order chi connectivity index (χ1) is 13.4. The molecule has 0 atom stereocenters. The van der Waals surface area contributed by atoms with Gasteiger partial charge in [-0.2, -0.15) is 0 Å². The molecule has 146 valence electrons. The van der Waals surface area contributed by atoms with Gasteiger partial charge in [-0.05, 0) is 31.0 Å². The van der Waals surface area contributed by atoms with Gasteiger partial charge in [0.15, 0.2) is 5.76 Å². The Morgan fingerprint density at radius 3 is 2.36 bits per heavy atom. The second kappa shape index (κ2) is 7.10. The van der Waals surface area contributed by atoms with Crippen molar-refractivity contribution in [1.82, 2.24) is 19.9 Å². The Morgan fingerprint density at radius 1 is 1.07 bits per heavy atom. The van der Waals surface area contributed by atoms with Gasteiger partial charge >= 0.3 is 0 Å². The molecule has 4 heterocycles. The predicted octanol–water partition coefficient (Wildman–Crippen LogP) is 2.85. The zero-order valence-corrected chi connectivity index (χ0v) is 16.1. The van der Waals surface area contributed by atoms with E-state index in [1.54, 1.807) is 34.9 Å². The summed E-state index contributed by atoms with van der Waals surface area (Å²) in [6.07, 6.45) is 1.52. The fraction of sp³-hybridized carbons (Fsp3) is 0.400. The molecule has 3 aromatic rings. The summed E-state index contributed by atoms with van der Waals surface area (Å²) in [5, 5.41) is 4.82. The van der Waals surface area contributed by atoms with Crippen LogP contribution in [0.1, 0.15) is 52.1 Å². The van der Waals surface area contributed by atoms with Gasteiger partial charge in [0.2, 0.25) is 0 Å². The summed E-state index contributed by atoms with van der Waals surface area (Å²) in [5.41, 5.74) is 1.73. The van der Waals surface area contributed by atoms with Crippen LogP contribution in [0.2, 0.25) is 0 Å². The van der Waals surface area contributed by atoms with Gasteiger partial charge < -0.3 is 18.7 Å². The van der Waals surface area contributed by atoms with Gasteiger partial charge in [0.05, 0.1) is 16.6 Å². The molecule has 8 nitrogen and oxygen atoms in total. The number of hydrogen-bond acceptors (Lipinski definition) is 6. The Balaban J connectivity index is 1.46. The smallest absolute Gasteiger partial charge is 0.289 e. The third-order valence-electron chi connectivity index (χ3n) is 4.96. The van der Waals surface area contributed by atoms with Crippen LogP contribution >= 0.6 is 0 Å². The van der Waals surface area contributed by atoms with Crippen molar-refractivity contribution in [1.29, 1.82) is 0 Å². The van der Waals surface area contributed by atoms with Gasteiger partial charge in [-0.3, -0.25) is 9.59 Å². The standard InChI is InChI=1S/C20H22N4O4/c1-12(2)17-15-10-14(11-21-18(15)28-22-17)19(25)23-6-8-24(9-7-23)20(26)16-5-4-13(3)27-16/h4-5,10-12H,6-9H2,1-3H3. The van der Waals surface area contributed by atoms with Gasteiger partial charge in [-0.1, -0.05) is 19.0 Å². The number of rotatable bonds is 3. The molecule has 1 fully saturated rings. The summed E-state index contributed by atoms with van der Waals surface area (Å²) < 4.78 is 10.6. The Labute approximate surface area is 162 Å². The van der Waals surface area contributed by atoms with Crippen LogP contribution in [-0.2, 0) is 0 Å². The Hall–Kier alpha value is -3.16. The molecule has 28 heavy (non-hydrogen) atoms. The van der Waals surface area contributed by atoms with E-state index in [9.17, 15) is 9.59 Å². The first-order valence-corrected chi connectivity index (χ1v) is 9.34. The quantitative estimate of drug-likeness (QED) is 0.692. The zero-order chi connectivity index (χ0) is 19.8. The Morgan fingerprint density at radius 2 is 1.75 bits per heavy atom. The van der Waals surface area contributed by atoms with Crippen molar-refractivity contribution >= 4 is 22.9 Å². The van der Waals surface area contributed by atoms with E-state index in [1.807, 2.05) is 13.8 Å². The van der Waals surface area contributed by atoms with Crippen molar-refractivity contribution in [2.45, 2.75) is 26.7 Å². The van der Waals surface area contributed by atoms with E-state index >= 15 is 0 Å². The van der Waals surface area contributed by atoms with Gasteiger partial charge in [0, 0.05) is 32.4 Å². The summed E-state index contributed by atoms with van der Waals surface area (Å²) in [5.74, 6) is 0.962. The van der Waals surface area contributed by atoms with Crippen LogP contribution in [0.3, 0.4) is 0 Å². The number of carbonyl (C=O) groups is 2. The van der Waals surface area contributed by atoms with E-state index < -0.39 is 0 Å². The van der Waals surface area contributed by atoms with E-state index in [4.69, 9.17) is 8.94 Å². The maximum atomic E-state index is 12.9. The molecule has 2 amide bonds. The fourth-order valence-corrected chi connectivity index (χ4v) is 3.38. The lowest BCUT2D eigenvalue weighted by atomic mass is 10.1. The molecule has 0 radical (unpaired) electrons. The number of piperazine rings is 1. The molecule has 4 rings (SSSR count). The highest BCUT2D eigenvalue weighted by atomic mass is 16.5. The van der Waals surface area contributed by atoms with Crippen molar-refractivity contribution < 1.29 is 18.5 Å². The maximum Gasteiger partial charge on any atom is 0.289 e. The highest BCUT2D eigenvalue weighted by Crippen LogP contribution is 2.24. The van der Waals surface area contributed by atoms with Crippen LogP contribution in [0.15, 0.2) is 33.3 Å². The van der Waals surface area contributed by atoms with Gasteiger partial charge in [0.25, 0.3) is 17.5 Å². The number of nitrogens with zero attached hydrogens (tertiary/aromatic N) is 4. The zero-order valence-electron chi connectivity index (χ0n) is 16.1. The average molecular weight is 382 g/mol. The van der Waals surface area contributed by atoms with E-state index in [2.05, 4.69) is 10.1 Å². The lowest BCUT2D eigenvalue weighted by molar-refractivity contribution is 0.0517. The first-order valence-electron chi connectivity index (χ1n) is 9.34. The second-order valence-corrected chi connectivity index (χ2v) is 7.29. The van der Waals surface area contributed by atoms with Crippen LogP contribution < -0.4 is 0 Å². The Bertz CT molecular complexity index is 1030. The lowest BCUT2D eigenvalue weighted by Crippen LogP contribution is -2.50. The summed E-state index contributed by atoms with van der Waals surface area (Å²) in [7, 11) is 0. The molecular weight excluding hydrogens is 360 g/mol. The molecule has 1 saturated heterocycles. The Kier molecular flexibility index (Phi) is 4.62. The molecule has 0 spiro atoms. The first kappa shape index (κ1) is 18.2. The molecule has 1 aliphatic rings. The fourth-order valence-electron chi connectivity index (χ4n) is 3.38. The summed E-state index contributed by atoms with van der Waals surface area (Å²) in [6, 6.07) is 5.24. The van der Waals surface area contributed by atoms with Crippen molar-refractivity contribution in [3.63, 3.8) is 0 Å². The predicted molar refractivity (Wildman–Crippen MR) is 101 cm³/mol. The molecule has 0 unspecified atom stereocenters. The number of carbonyl (C=O) groups excluding carboxylic acids is 2. The van der Waals surface area contributed by atoms with Crippen LogP contribution in [0.25, 0.3) is 11.1 Å².